The van der Waals surface area contributed by atoms with Crippen molar-refractivity contribution in [3.8, 4) is 11.3 Å². The molecule has 0 aliphatic carbocycles. The first kappa shape index (κ1) is 12.3. The van der Waals surface area contributed by atoms with Crippen molar-refractivity contribution in [1.29, 1.82) is 0 Å². The standard InChI is InChI=1S/C13H12Cl2N2/c1-2-5-10-12(16-8-17-13(10)15)9-6-3-4-7-11(9)14/h3-4,6-8H,2,5H2,1H3. The third-order valence-corrected chi connectivity index (χ3v) is 3.18. The summed E-state index contributed by atoms with van der Waals surface area (Å²) in [5.74, 6) is 0. The molecule has 2 nitrogen and oxygen atoms in total. The van der Waals surface area contributed by atoms with Crippen molar-refractivity contribution >= 4 is 23.2 Å². The highest BCUT2D eigenvalue weighted by molar-refractivity contribution is 6.33. The van der Waals surface area contributed by atoms with E-state index in [9.17, 15) is 0 Å². The molecule has 1 heterocycles. The lowest BCUT2D eigenvalue weighted by atomic mass is 10.0. The molecule has 0 N–H and O–H groups in total. The molecule has 0 spiro atoms. The first-order valence-electron chi connectivity index (χ1n) is 5.48. The fraction of sp³-hybridized carbons (Fsp3) is 0.231. The van der Waals surface area contributed by atoms with Crippen LogP contribution in [0.2, 0.25) is 10.2 Å². The molecule has 88 valence electrons. The number of hydrogen-bond acceptors (Lipinski definition) is 2. The van der Waals surface area contributed by atoms with Gasteiger partial charge in [0.15, 0.2) is 0 Å². The molecule has 2 aromatic rings. The zero-order chi connectivity index (χ0) is 12.3. The molecule has 0 atom stereocenters. The zero-order valence-electron chi connectivity index (χ0n) is 9.45. The van der Waals surface area contributed by atoms with E-state index in [0.717, 1.165) is 29.7 Å². The van der Waals surface area contributed by atoms with Crippen LogP contribution in [0, 0.1) is 0 Å². The molecule has 0 aliphatic heterocycles. The van der Waals surface area contributed by atoms with Gasteiger partial charge in [-0.2, -0.15) is 0 Å². The average molecular weight is 267 g/mol. The number of hydrogen-bond donors (Lipinski definition) is 0. The minimum absolute atomic E-state index is 0.511. The van der Waals surface area contributed by atoms with Crippen LogP contribution in [0.4, 0.5) is 0 Å². The molecule has 1 aromatic heterocycles. The maximum atomic E-state index is 6.18. The van der Waals surface area contributed by atoms with Crippen molar-refractivity contribution in [3.05, 3.63) is 46.3 Å². The Balaban J connectivity index is 2.59. The van der Waals surface area contributed by atoms with Gasteiger partial charge in [0.05, 0.1) is 5.69 Å². The van der Waals surface area contributed by atoms with E-state index < -0.39 is 0 Å². The minimum Gasteiger partial charge on any atom is -0.236 e. The second-order valence-electron chi connectivity index (χ2n) is 3.72. The Bertz CT molecular complexity index is 527. The molecule has 0 fully saturated rings. The summed E-state index contributed by atoms with van der Waals surface area (Å²) in [6, 6.07) is 7.63. The Labute approximate surface area is 111 Å². The van der Waals surface area contributed by atoms with E-state index in [4.69, 9.17) is 23.2 Å². The van der Waals surface area contributed by atoms with Crippen LogP contribution < -0.4 is 0 Å². The normalized spacial score (nSPS) is 10.5. The van der Waals surface area contributed by atoms with Crippen molar-refractivity contribution < 1.29 is 0 Å². The van der Waals surface area contributed by atoms with E-state index in [1.54, 1.807) is 0 Å². The summed E-state index contributed by atoms with van der Waals surface area (Å²) in [4.78, 5) is 8.33. The monoisotopic (exact) mass is 266 g/mol. The van der Waals surface area contributed by atoms with Gasteiger partial charge in [-0.3, -0.25) is 0 Å². The van der Waals surface area contributed by atoms with Crippen LogP contribution in [-0.2, 0) is 6.42 Å². The number of benzene rings is 1. The van der Waals surface area contributed by atoms with Crippen molar-refractivity contribution in [1.82, 2.24) is 9.97 Å². The van der Waals surface area contributed by atoms with Crippen LogP contribution in [0.25, 0.3) is 11.3 Å². The minimum atomic E-state index is 0.511. The highest BCUT2D eigenvalue weighted by Crippen LogP contribution is 2.31. The number of rotatable bonds is 3. The topological polar surface area (TPSA) is 25.8 Å². The van der Waals surface area contributed by atoms with Gasteiger partial charge in [-0.1, -0.05) is 54.7 Å². The smallest absolute Gasteiger partial charge is 0.136 e. The third-order valence-electron chi connectivity index (χ3n) is 2.52. The molecular formula is C13H12Cl2N2. The largest absolute Gasteiger partial charge is 0.236 e. The molecule has 0 amide bonds. The van der Waals surface area contributed by atoms with E-state index in [1.165, 1.54) is 6.33 Å². The average Bonchev–Trinajstić information content (AvgIpc) is 2.33. The first-order valence-corrected chi connectivity index (χ1v) is 6.24. The fourth-order valence-electron chi connectivity index (χ4n) is 1.75. The Hall–Kier alpha value is -1.12. The lowest BCUT2D eigenvalue weighted by Gasteiger charge is -2.10. The van der Waals surface area contributed by atoms with Crippen molar-refractivity contribution in [3.63, 3.8) is 0 Å². The molecule has 2 rings (SSSR count). The van der Waals surface area contributed by atoms with E-state index in [0.29, 0.717) is 10.2 Å². The lowest BCUT2D eigenvalue weighted by molar-refractivity contribution is 0.904. The Kier molecular flexibility index (Phi) is 3.97. The van der Waals surface area contributed by atoms with Crippen LogP contribution in [0.1, 0.15) is 18.9 Å². The predicted octanol–water partition coefficient (Wildman–Crippen LogP) is 4.40. The second kappa shape index (κ2) is 5.48. The SMILES string of the molecule is CCCc1c(Cl)ncnc1-c1ccccc1Cl. The Morgan fingerprint density at radius 3 is 2.59 bits per heavy atom. The maximum Gasteiger partial charge on any atom is 0.136 e. The molecule has 17 heavy (non-hydrogen) atoms. The van der Waals surface area contributed by atoms with Gasteiger partial charge in [0.2, 0.25) is 0 Å². The molecule has 4 heteroatoms. The van der Waals surface area contributed by atoms with Gasteiger partial charge in [0.25, 0.3) is 0 Å². The summed E-state index contributed by atoms with van der Waals surface area (Å²) in [5.41, 5.74) is 2.70. The van der Waals surface area contributed by atoms with E-state index >= 15 is 0 Å². The molecule has 0 saturated heterocycles. The van der Waals surface area contributed by atoms with Crippen molar-refractivity contribution in [2.45, 2.75) is 19.8 Å². The Morgan fingerprint density at radius 2 is 1.88 bits per heavy atom. The van der Waals surface area contributed by atoms with Crippen LogP contribution in [0.3, 0.4) is 0 Å². The summed E-state index contributed by atoms with van der Waals surface area (Å²) in [6.07, 6.45) is 3.31. The summed E-state index contributed by atoms with van der Waals surface area (Å²) in [5, 5.41) is 1.19. The Morgan fingerprint density at radius 1 is 1.12 bits per heavy atom. The van der Waals surface area contributed by atoms with E-state index in [-0.39, 0.29) is 0 Å². The number of halogens is 2. The van der Waals surface area contributed by atoms with Gasteiger partial charge >= 0.3 is 0 Å². The quantitative estimate of drug-likeness (QED) is 0.770. The molecular weight excluding hydrogens is 255 g/mol. The van der Waals surface area contributed by atoms with Gasteiger partial charge in [-0.05, 0) is 12.5 Å². The molecule has 0 bridgehead atoms. The van der Waals surface area contributed by atoms with Gasteiger partial charge in [-0.25, -0.2) is 9.97 Å². The van der Waals surface area contributed by atoms with E-state index in [1.807, 2.05) is 24.3 Å². The lowest BCUT2D eigenvalue weighted by Crippen LogP contribution is -1.97. The highest BCUT2D eigenvalue weighted by atomic mass is 35.5. The molecule has 0 unspecified atom stereocenters. The highest BCUT2D eigenvalue weighted by Gasteiger charge is 2.12. The fourth-order valence-corrected chi connectivity index (χ4v) is 2.20. The van der Waals surface area contributed by atoms with Crippen molar-refractivity contribution in [2.24, 2.45) is 0 Å². The summed E-state index contributed by atoms with van der Waals surface area (Å²) < 4.78 is 0. The number of aromatic nitrogens is 2. The summed E-state index contributed by atoms with van der Waals surface area (Å²) >= 11 is 12.3. The number of nitrogens with zero attached hydrogens (tertiary/aromatic N) is 2. The molecule has 0 radical (unpaired) electrons. The molecule has 0 saturated carbocycles. The summed E-state index contributed by atoms with van der Waals surface area (Å²) in [7, 11) is 0. The van der Waals surface area contributed by atoms with Gasteiger partial charge in [-0.15, -0.1) is 0 Å². The zero-order valence-corrected chi connectivity index (χ0v) is 11.0. The van der Waals surface area contributed by atoms with Crippen LogP contribution in [-0.4, -0.2) is 9.97 Å². The van der Waals surface area contributed by atoms with Crippen LogP contribution in [0.15, 0.2) is 30.6 Å². The third kappa shape index (κ3) is 2.59. The van der Waals surface area contributed by atoms with Gasteiger partial charge in [0.1, 0.15) is 11.5 Å². The molecule has 0 aliphatic rings. The first-order chi connectivity index (χ1) is 8.24. The predicted molar refractivity (Wildman–Crippen MR) is 71.5 cm³/mol. The van der Waals surface area contributed by atoms with Crippen LogP contribution >= 0.6 is 23.2 Å². The van der Waals surface area contributed by atoms with E-state index in [2.05, 4.69) is 16.9 Å². The van der Waals surface area contributed by atoms with Crippen molar-refractivity contribution in [2.75, 3.05) is 0 Å². The van der Waals surface area contributed by atoms with Crippen LogP contribution in [0.5, 0.6) is 0 Å². The van der Waals surface area contributed by atoms with Gasteiger partial charge < -0.3 is 0 Å². The second-order valence-corrected chi connectivity index (χ2v) is 4.49. The molecule has 1 aromatic carbocycles. The summed E-state index contributed by atoms with van der Waals surface area (Å²) in [6.45, 7) is 2.10. The maximum absolute atomic E-state index is 6.18. The van der Waals surface area contributed by atoms with Gasteiger partial charge in [0, 0.05) is 16.1 Å².